The van der Waals surface area contributed by atoms with E-state index in [0.717, 1.165) is 37.2 Å². The third-order valence-electron chi connectivity index (χ3n) is 3.44. The monoisotopic (exact) mass is 342 g/mol. The van der Waals surface area contributed by atoms with Gasteiger partial charge >= 0.3 is 5.97 Å². The molecule has 130 valence electrons. The first kappa shape index (κ1) is 21.4. The molecule has 23 heavy (non-hydrogen) atoms. The van der Waals surface area contributed by atoms with Gasteiger partial charge in [-0.05, 0) is 50.9 Å². The molecule has 0 aliphatic heterocycles. The van der Waals surface area contributed by atoms with E-state index in [2.05, 4.69) is 17.1 Å². The highest BCUT2D eigenvalue weighted by Gasteiger charge is 2.11. The summed E-state index contributed by atoms with van der Waals surface area (Å²) in [7, 11) is 0. The SMILES string of the molecule is CCCN(CCCCC(=O)O)CC(=O)Nc1ccccc1C.Cl. The Morgan fingerprint density at radius 1 is 1.17 bits per heavy atom. The molecule has 0 heterocycles. The smallest absolute Gasteiger partial charge is 0.303 e. The Morgan fingerprint density at radius 2 is 1.87 bits per heavy atom. The van der Waals surface area contributed by atoms with Crippen LogP contribution >= 0.6 is 12.4 Å². The first-order valence-corrected chi connectivity index (χ1v) is 7.82. The average Bonchev–Trinajstić information content (AvgIpc) is 2.46. The van der Waals surface area contributed by atoms with E-state index < -0.39 is 5.97 Å². The largest absolute Gasteiger partial charge is 0.481 e. The third-order valence-corrected chi connectivity index (χ3v) is 3.44. The molecule has 1 amide bonds. The number of amides is 1. The van der Waals surface area contributed by atoms with Crippen LogP contribution in [0.25, 0.3) is 0 Å². The lowest BCUT2D eigenvalue weighted by Crippen LogP contribution is -2.34. The van der Waals surface area contributed by atoms with Gasteiger partial charge in [0.15, 0.2) is 0 Å². The van der Waals surface area contributed by atoms with Crippen LogP contribution in [0.5, 0.6) is 0 Å². The summed E-state index contributed by atoms with van der Waals surface area (Å²) in [6, 6.07) is 7.70. The van der Waals surface area contributed by atoms with Crippen molar-refractivity contribution in [3.05, 3.63) is 29.8 Å². The molecule has 0 radical (unpaired) electrons. The molecule has 1 aromatic rings. The zero-order valence-corrected chi connectivity index (χ0v) is 14.7. The van der Waals surface area contributed by atoms with Gasteiger partial charge in [0.25, 0.3) is 0 Å². The number of hydrogen-bond donors (Lipinski definition) is 2. The first-order chi connectivity index (χ1) is 10.5. The van der Waals surface area contributed by atoms with E-state index in [1.807, 2.05) is 31.2 Å². The standard InChI is InChI=1S/C17H26N2O3.ClH/c1-3-11-19(12-7-6-10-17(21)22)13-16(20)18-15-9-5-4-8-14(15)2;/h4-5,8-9H,3,6-7,10-13H2,1-2H3,(H,18,20)(H,21,22);1H. The summed E-state index contributed by atoms with van der Waals surface area (Å²) in [5.41, 5.74) is 1.88. The molecule has 1 rings (SSSR count). The number of para-hydroxylation sites is 1. The number of carbonyl (C=O) groups excluding carboxylic acids is 1. The molecule has 0 saturated carbocycles. The minimum atomic E-state index is -0.765. The second-order valence-electron chi connectivity index (χ2n) is 5.49. The fraction of sp³-hybridized carbons (Fsp3) is 0.529. The topological polar surface area (TPSA) is 69.6 Å². The second kappa shape index (κ2) is 11.9. The van der Waals surface area contributed by atoms with Gasteiger partial charge in [0, 0.05) is 12.1 Å². The van der Waals surface area contributed by atoms with Gasteiger partial charge < -0.3 is 10.4 Å². The zero-order chi connectivity index (χ0) is 16.4. The van der Waals surface area contributed by atoms with E-state index in [1.165, 1.54) is 0 Å². The molecule has 0 fully saturated rings. The number of aryl methyl sites for hydroxylation is 1. The lowest BCUT2D eigenvalue weighted by atomic mass is 10.2. The number of unbranched alkanes of at least 4 members (excludes halogenated alkanes) is 1. The molecule has 1 aromatic carbocycles. The molecular formula is C17H27ClN2O3. The van der Waals surface area contributed by atoms with Gasteiger partial charge in [-0.15, -0.1) is 12.4 Å². The molecule has 0 saturated heterocycles. The van der Waals surface area contributed by atoms with Gasteiger partial charge in [-0.2, -0.15) is 0 Å². The maximum absolute atomic E-state index is 12.1. The van der Waals surface area contributed by atoms with Crippen LogP contribution in [0.3, 0.4) is 0 Å². The van der Waals surface area contributed by atoms with Crippen molar-refractivity contribution in [2.45, 2.75) is 39.5 Å². The molecule has 2 N–H and O–H groups in total. The number of anilines is 1. The van der Waals surface area contributed by atoms with Gasteiger partial charge in [0.2, 0.25) is 5.91 Å². The highest BCUT2D eigenvalue weighted by molar-refractivity contribution is 5.92. The number of hydrogen-bond acceptors (Lipinski definition) is 3. The van der Waals surface area contributed by atoms with Crippen molar-refractivity contribution < 1.29 is 14.7 Å². The highest BCUT2D eigenvalue weighted by Crippen LogP contribution is 2.13. The third kappa shape index (κ3) is 9.21. The van der Waals surface area contributed by atoms with E-state index in [1.54, 1.807) is 0 Å². The number of rotatable bonds is 10. The molecule has 5 nitrogen and oxygen atoms in total. The first-order valence-electron chi connectivity index (χ1n) is 7.82. The van der Waals surface area contributed by atoms with Gasteiger partial charge in [-0.25, -0.2) is 0 Å². The summed E-state index contributed by atoms with van der Waals surface area (Å²) >= 11 is 0. The minimum Gasteiger partial charge on any atom is -0.481 e. The van der Waals surface area contributed by atoms with Gasteiger partial charge in [0.1, 0.15) is 0 Å². The van der Waals surface area contributed by atoms with E-state index in [-0.39, 0.29) is 24.7 Å². The molecule has 0 aromatic heterocycles. The fourth-order valence-corrected chi connectivity index (χ4v) is 2.30. The normalized spacial score (nSPS) is 10.2. The van der Waals surface area contributed by atoms with E-state index in [9.17, 15) is 9.59 Å². The molecule has 0 unspecified atom stereocenters. The predicted molar refractivity (Wildman–Crippen MR) is 95.3 cm³/mol. The average molecular weight is 343 g/mol. The summed E-state index contributed by atoms with van der Waals surface area (Å²) in [6.07, 6.45) is 2.60. The van der Waals surface area contributed by atoms with Crippen molar-refractivity contribution in [1.82, 2.24) is 4.90 Å². The number of nitrogens with one attached hydrogen (secondary N) is 1. The highest BCUT2D eigenvalue weighted by atomic mass is 35.5. The summed E-state index contributed by atoms with van der Waals surface area (Å²) in [6.45, 7) is 5.97. The van der Waals surface area contributed by atoms with E-state index >= 15 is 0 Å². The number of carbonyl (C=O) groups is 2. The summed E-state index contributed by atoms with van der Waals surface area (Å²) in [5, 5.41) is 11.6. The second-order valence-corrected chi connectivity index (χ2v) is 5.49. The number of benzene rings is 1. The summed E-state index contributed by atoms with van der Waals surface area (Å²) in [4.78, 5) is 24.7. The van der Waals surface area contributed by atoms with Gasteiger partial charge in [0.05, 0.1) is 6.54 Å². The van der Waals surface area contributed by atoms with Crippen molar-refractivity contribution in [2.75, 3.05) is 25.0 Å². The van der Waals surface area contributed by atoms with Crippen molar-refractivity contribution in [3.63, 3.8) is 0 Å². The molecule has 0 bridgehead atoms. The summed E-state index contributed by atoms with van der Waals surface area (Å²) < 4.78 is 0. The molecular weight excluding hydrogens is 316 g/mol. The van der Waals surface area contributed by atoms with Crippen molar-refractivity contribution in [1.29, 1.82) is 0 Å². The number of carboxylic acid groups (broad SMARTS) is 1. The molecule has 6 heteroatoms. The number of carboxylic acids is 1. The van der Waals surface area contributed by atoms with Crippen molar-refractivity contribution >= 4 is 30.0 Å². The Bertz CT molecular complexity index is 494. The quantitative estimate of drug-likeness (QED) is 0.640. The van der Waals surface area contributed by atoms with Crippen LogP contribution in [0.4, 0.5) is 5.69 Å². The Morgan fingerprint density at radius 3 is 2.48 bits per heavy atom. The Labute approximate surface area is 144 Å². The summed E-state index contributed by atoms with van der Waals surface area (Å²) in [5.74, 6) is -0.791. The maximum atomic E-state index is 12.1. The van der Waals surface area contributed by atoms with Crippen molar-refractivity contribution in [3.8, 4) is 0 Å². The van der Waals surface area contributed by atoms with Crippen LogP contribution < -0.4 is 5.32 Å². The molecule has 0 aliphatic carbocycles. The van der Waals surface area contributed by atoms with Crippen LogP contribution in [0, 0.1) is 6.92 Å². The van der Waals surface area contributed by atoms with E-state index in [4.69, 9.17) is 5.11 Å². The lowest BCUT2D eigenvalue weighted by molar-refractivity contribution is -0.137. The lowest BCUT2D eigenvalue weighted by Gasteiger charge is -2.21. The van der Waals surface area contributed by atoms with Crippen LogP contribution in [-0.2, 0) is 9.59 Å². The molecule has 0 aliphatic rings. The number of aliphatic carboxylic acids is 1. The Balaban J connectivity index is 0.00000484. The Kier molecular flexibility index (Phi) is 11.1. The minimum absolute atomic E-state index is 0. The predicted octanol–water partition coefficient (Wildman–Crippen LogP) is 3.32. The molecule has 0 atom stereocenters. The van der Waals surface area contributed by atoms with Crippen molar-refractivity contribution in [2.24, 2.45) is 0 Å². The molecule has 0 spiro atoms. The Hall–Kier alpha value is -1.59. The van der Waals surface area contributed by atoms with Gasteiger partial charge in [-0.3, -0.25) is 14.5 Å². The number of nitrogens with zero attached hydrogens (tertiary/aromatic N) is 1. The van der Waals surface area contributed by atoms with Crippen LogP contribution in [0.15, 0.2) is 24.3 Å². The zero-order valence-electron chi connectivity index (χ0n) is 13.9. The number of halogens is 1. The maximum Gasteiger partial charge on any atom is 0.303 e. The van der Waals surface area contributed by atoms with Gasteiger partial charge in [-0.1, -0.05) is 25.1 Å². The van der Waals surface area contributed by atoms with Crippen LogP contribution in [0.1, 0.15) is 38.2 Å². The van der Waals surface area contributed by atoms with E-state index in [0.29, 0.717) is 13.0 Å². The van der Waals surface area contributed by atoms with Crippen LogP contribution in [0.2, 0.25) is 0 Å². The van der Waals surface area contributed by atoms with Crippen LogP contribution in [-0.4, -0.2) is 41.5 Å². The fourth-order valence-electron chi connectivity index (χ4n) is 2.30.